The molecule has 0 amide bonds. The first kappa shape index (κ1) is 15.6. The summed E-state index contributed by atoms with van der Waals surface area (Å²) in [5.74, 6) is 0. The summed E-state index contributed by atoms with van der Waals surface area (Å²) in [5, 5.41) is 9.53. The lowest BCUT2D eigenvalue weighted by Gasteiger charge is -2.08. The number of nitrogens with zero attached hydrogens (tertiary/aromatic N) is 2. The summed E-state index contributed by atoms with van der Waals surface area (Å²) in [6.07, 6.45) is 3.16. The third-order valence-electron chi connectivity index (χ3n) is 3.06. The van der Waals surface area contributed by atoms with Crippen molar-refractivity contribution in [2.45, 2.75) is 32.0 Å². The lowest BCUT2D eigenvalue weighted by molar-refractivity contribution is 0.573. The highest BCUT2D eigenvalue weighted by molar-refractivity contribution is 7.89. The quantitative estimate of drug-likeness (QED) is 0.699. The van der Waals surface area contributed by atoms with E-state index in [-0.39, 0.29) is 11.6 Å². The van der Waals surface area contributed by atoms with Gasteiger partial charge in [0.1, 0.15) is 0 Å². The maximum atomic E-state index is 12.3. The van der Waals surface area contributed by atoms with Crippen LogP contribution >= 0.6 is 0 Å². The van der Waals surface area contributed by atoms with Gasteiger partial charge >= 0.3 is 0 Å². The molecule has 2 heterocycles. The second kappa shape index (κ2) is 6.79. The van der Waals surface area contributed by atoms with E-state index in [0.717, 1.165) is 12.1 Å². The van der Waals surface area contributed by atoms with Crippen LogP contribution in [0.3, 0.4) is 0 Å². The van der Waals surface area contributed by atoms with Crippen LogP contribution in [0, 0.1) is 6.92 Å². The average Bonchev–Trinajstić information content (AvgIpc) is 2.93. The Morgan fingerprint density at radius 3 is 2.86 bits per heavy atom. The summed E-state index contributed by atoms with van der Waals surface area (Å²) in [5.41, 5.74) is 2.26. The third-order valence-corrected chi connectivity index (χ3v) is 4.48. The molecule has 114 valence electrons. The van der Waals surface area contributed by atoms with Crippen LogP contribution in [0.15, 0.2) is 29.6 Å². The topological polar surface area (TPSA) is 99.8 Å². The standard InChI is InChI=1S/C13H19N5O2S/c1-3-14-7-11-8-16-18-13(11)21(19,20)17-9-12-10(2)5-4-6-15-12/h4-6,8,14,17H,3,7,9H2,1-2H3,(H,16,18). The minimum absolute atomic E-state index is 0.0945. The molecule has 0 saturated heterocycles. The predicted molar refractivity (Wildman–Crippen MR) is 79.0 cm³/mol. The number of aromatic amines is 1. The number of pyridine rings is 1. The molecular weight excluding hydrogens is 290 g/mol. The molecule has 0 aliphatic carbocycles. The molecule has 0 atom stereocenters. The van der Waals surface area contributed by atoms with Gasteiger partial charge in [-0.2, -0.15) is 5.10 Å². The van der Waals surface area contributed by atoms with Crippen LogP contribution in [-0.4, -0.2) is 30.1 Å². The molecule has 0 unspecified atom stereocenters. The molecule has 21 heavy (non-hydrogen) atoms. The molecule has 0 saturated carbocycles. The highest BCUT2D eigenvalue weighted by atomic mass is 32.2. The number of sulfonamides is 1. The van der Waals surface area contributed by atoms with Gasteiger partial charge in [-0.1, -0.05) is 13.0 Å². The van der Waals surface area contributed by atoms with Gasteiger partial charge in [0.25, 0.3) is 10.0 Å². The fourth-order valence-corrected chi connectivity index (χ4v) is 2.97. The zero-order chi connectivity index (χ0) is 15.3. The number of aryl methyl sites for hydroxylation is 1. The Labute approximate surface area is 124 Å². The van der Waals surface area contributed by atoms with Crippen molar-refractivity contribution < 1.29 is 8.42 Å². The Bertz CT molecular complexity index is 696. The molecule has 0 spiro atoms. The average molecular weight is 309 g/mol. The molecular formula is C13H19N5O2S. The number of rotatable bonds is 7. The van der Waals surface area contributed by atoms with E-state index in [2.05, 4.69) is 25.2 Å². The van der Waals surface area contributed by atoms with Crippen LogP contribution in [-0.2, 0) is 23.1 Å². The Morgan fingerprint density at radius 2 is 2.14 bits per heavy atom. The predicted octanol–water partition coefficient (Wildman–Crippen LogP) is 0.701. The van der Waals surface area contributed by atoms with Crippen LogP contribution < -0.4 is 10.0 Å². The highest BCUT2D eigenvalue weighted by Gasteiger charge is 2.20. The van der Waals surface area contributed by atoms with E-state index in [1.807, 2.05) is 26.0 Å². The van der Waals surface area contributed by atoms with Crippen LogP contribution in [0.1, 0.15) is 23.7 Å². The molecule has 2 rings (SSSR count). The van der Waals surface area contributed by atoms with E-state index in [1.165, 1.54) is 6.20 Å². The Balaban J connectivity index is 2.12. The van der Waals surface area contributed by atoms with Gasteiger partial charge in [-0.05, 0) is 25.1 Å². The van der Waals surface area contributed by atoms with Crippen molar-refractivity contribution >= 4 is 10.0 Å². The van der Waals surface area contributed by atoms with Crippen molar-refractivity contribution in [2.24, 2.45) is 0 Å². The third kappa shape index (κ3) is 3.87. The molecule has 0 bridgehead atoms. The monoisotopic (exact) mass is 309 g/mol. The van der Waals surface area contributed by atoms with Gasteiger partial charge in [0.05, 0.1) is 18.4 Å². The molecule has 0 aliphatic rings. The first-order valence-electron chi connectivity index (χ1n) is 6.67. The summed E-state index contributed by atoms with van der Waals surface area (Å²) in [6, 6.07) is 3.71. The molecule has 0 aromatic carbocycles. The lowest BCUT2D eigenvalue weighted by Crippen LogP contribution is -2.26. The van der Waals surface area contributed by atoms with Crippen molar-refractivity contribution in [3.05, 3.63) is 41.3 Å². The van der Waals surface area contributed by atoms with Crippen molar-refractivity contribution in [2.75, 3.05) is 6.54 Å². The van der Waals surface area contributed by atoms with Crippen molar-refractivity contribution in [1.82, 2.24) is 25.2 Å². The minimum atomic E-state index is -3.64. The van der Waals surface area contributed by atoms with Gasteiger partial charge < -0.3 is 5.32 Å². The highest BCUT2D eigenvalue weighted by Crippen LogP contribution is 2.12. The summed E-state index contributed by atoms with van der Waals surface area (Å²) in [6.45, 7) is 5.20. The van der Waals surface area contributed by atoms with E-state index >= 15 is 0 Å². The maximum Gasteiger partial charge on any atom is 0.258 e. The van der Waals surface area contributed by atoms with E-state index < -0.39 is 10.0 Å². The Morgan fingerprint density at radius 1 is 1.33 bits per heavy atom. The van der Waals surface area contributed by atoms with Crippen LogP contribution in [0.2, 0.25) is 0 Å². The first-order valence-corrected chi connectivity index (χ1v) is 8.16. The van der Waals surface area contributed by atoms with Gasteiger partial charge in [-0.3, -0.25) is 10.1 Å². The largest absolute Gasteiger partial charge is 0.313 e. The van der Waals surface area contributed by atoms with Gasteiger partial charge in [-0.25, -0.2) is 13.1 Å². The summed E-state index contributed by atoms with van der Waals surface area (Å²) >= 11 is 0. The summed E-state index contributed by atoms with van der Waals surface area (Å²) in [4.78, 5) is 4.17. The van der Waals surface area contributed by atoms with Crippen molar-refractivity contribution in [1.29, 1.82) is 0 Å². The van der Waals surface area contributed by atoms with Crippen molar-refractivity contribution in [3.63, 3.8) is 0 Å². The number of H-pyrrole nitrogens is 1. The molecule has 2 aromatic rings. The Kier molecular flexibility index (Phi) is 5.05. The fourth-order valence-electron chi connectivity index (χ4n) is 1.86. The van der Waals surface area contributed by atoms with Gasteiger partial charge in [-0.15, -0.1) is 0 Å². The minimum Gasteiger partial charge on any atom is -0.313 e. The normalized spacial score (nSPS) is 11.7. The number of hydrogen-bond acceptors (Lipinski definition) is 5. The van der Waals surface area contributed by atoms with Gasteiger partial charge in [0.2, 0.25) is 0 Å². The molecule has 0 radical (unpaired) electrons. The zero-order valence-electron chi connectivity index (χ0n) is 12.0. The van der Waals surface area contributed by atoms with Gasteiger partial charge in [0, 0.05) is 18.3 Å². The maximum absolute atomic E-state index is 12.3. The summed E-state index contributed by atoms with van der Waals surface area (Å²) < 4.78 is 27.2. The number of aromatic nitrogens is 3. The van der Waals surface area contributed by atoms with E-state index in [0.29, 0.717) is 17.8 Å². The van der Waals surface area contributed by atoms with E-state index in [1.54, 1.807) is 6.20 Å². The second-order valence-electron chi connectivity index (χ2n) is 4.60. The van der Waals surface area contributed by atoms with Crippen LogP contribution in [0.5, 0.6) is 0 Å². The van der Waals surface area contributed by atoms with Gasteiger partial charge in [0.15, 0.2) is 5.03 Å². The Hall–Kier alpha value is -1.77. The number of hydrogen-bond donors (Lipinski definition) is 3. The van der Waals surface area contributed by atoms with Crippen LogP contribution in [0.25, 0.3) is 0 Å². The van der Waals surface area contributed by atoms with E-state index in [9.17, 15) is 8.42 Å². The molecule has 7 nitrogen and oxygen atoms in total. The molecule has 0 fully saturated rings. The second-order valence-corrected chi connectivity index (χ2v) is 6.30. The lowest BCUT2D eigenvalue weighted by atomic mass is 10.2. The fraction of sp³-hybridized carbons (Fsp3) is 0.385. The zero-order valence-corrected chi connectivity index (χ0v) is 12.9. The van der Waals surface area contributed by atoms with E-state index in [4.69, 9.17) is 0 Å². The molecule has 2 aromatic heterocycles. The molecule has 8 heteroatoms. The van der Waals surface area contributed by atoms with Crippen LogP contribution in [0.4, 0.5) is 0 Å². The smallest absolute Gasteiger partial charge is 0.258 e. The molecule has 0 aliphatic heterocycles. The summed E-state index contributed by atoms with van der Waals surface area (Å²) in [7, 11) is -3.64. The first-order chi connectivity index (χ1) is 10.0. The SMILES string of the molecule is CCNCc1cn[nH]c1S(=O)(=O)NCc1ncccc1C. The van der Waals surface area contributed by atoms with Crippen molar-refractivity contribution in [3.8, 4) is 0 Å². The number of nitrogens with one attached hydrogen (secondary N) is 3. The molecule has 3 N–H and O–H groups in total.